The van der Waals surface area contributed by atoms with E-state index in [0.29, 0.717) is 0 Å². The minimum atomic E-state index is -0.771. The van der Waals surface area contributed by atoms with E-state index in [2.05, 4.69) is 20.3 Å². The van der Waals surface area contributed by atoms with E-state index in [-0.39, 0.29) is 0 Å². The van der Waals surface area contributed by atoms with Crippen molar-refractivity contribution in [1.82, 2.24) is 0 Å². The molecule has 2 fully saturated rings. The summed E-state index contributed by atoms with van der Waals surface area (Å²) in [6, 6.07) is 0. The molecule has 1 aliphatic carbocycles. The fraction of sp³-hybridized carbons (Fsp3) is 1.00. The zero-order valence-corrected chi connectivity index (χ0v) is 10.5. The van der Waals surface area contributed by atoms with Crippen molar-refractivity contribution >= 4 is 7.26 Å². The van der Waals surface area contributed by atoms with Crippen LogP contribution in [0.15, 0.2) is 0 Å². The third-order valence-electron chi connectivity index (χ3n) is 5.05. The Morgan fingerprint density at radius 3 is 2.08 bits per heavy atom. The third kappa shape index (κ3) is 1.67. The van der Waals surface area contributed by atoms with Gasteiger partial charge in [-0.1, -0.05) is 0 Å². The van der Waals surface area contributed by atoms with Crippen molar-refractivity contribution in [1.29, 1.82) is 0 Å². The monoisotopic (exact) mass is 200 g/mol. The van der Waals surface area contributed by atoms with Crippen molar-refractivity contribution in [2.75, 3.05) is 13.3 Å². The van der Waals surface area contributed by atoms with E-state index in [4.69, 9.17) is 0 Å². The van der Waals surface area contributed by atoms with Crippen LogP contribution in [0, 0.1) is 5.92 Å². The normalized spacial score (nSPS) is 42.4. The summed E-state index contributed by atoms with van der Waals surface area (Å²) in [6.07, 6.45) is 9.27. The van der Waals surface area contributed by atoms with Crippen molar-refractivity contribution in [2.45, 2.75) is 56.8 Å². The standard InChI is InChI=1S/C12H25P/c1-10-9-12(13(10,2)3)11-7-5-4-6-8-11/h10-13H,4-9H2,1-3H3. The molecule has 1 aliphatic heterocycles. The molecule has 0 nitrogen and oxygen atoms in total. The van der Waals surface area contributed by atoms with Crippen molar-refractivity contribution in [3.8, 4) is 0 Å². The summed E-state index contributed by atoms with van der Waals surface area (Å²) in [6.45, 7) is 7.74. The molecule has 0 aromatic heterocycles. The Hall–Kier alpha value is 0.430. The van der Waals surface area contributed by atoms with Gasteiger partial charge in [0.1, 0.15) is 0 Å². The van der Waals surface area contributed by atoms with Crippen LogP contribution in [0.1, 0.15) is 45.4 Å². The maximum absolute atomic E-state index is 2.63. The van der Waals surface area contributed by atoms with E-state index >= 15 is 0 Å². The molecule has 1 heterocycles. The van der Waals surface area contributed by atoms with E-state index in [9.17, 15) is 0 Å². The molecule has 1 saturated heterocycles. The first-order chi connectivity index (χ1) is 6.12. The van der Waals surface area contributed by atoms with Crippen LogP contribution in [-0.2, 0) is 0 Å². The Balaban J connectivity index is 1.94. The second-order valence-electron chi connectivity index (χ2n) is 5.96. The summed E-state index contributed by atoms with van der Waals surface area (Å²) in [7, 11) is -0.771. The van der Waals surface area contributed by atoms with Crippen LogP contribution in [0.5, 0.6) is 0 Å². The van der Waals surface area contributed by atoms with E-state index in [1.807, 2.05) is 0 Å². The summed E-state index contributed by atoms with van der Waals surface area (Å²) in [5, 5.41) is 0. The molecule has 2 aliphatic rings. The predicted octanol–water partition coefficient (Wildman–Crippen LogP) is 3.74. The summed E-state index contributed by atoms with van der Waals surface area (Å²) < 4.78 is 0. The van der Waals surface area contributed by atoms with Gasteiger partial charge in [0.25, 0.3) is 0 Å². The van der Waals surface area contributed by atoms with Crippen molar-refractivity contribution in [3.05, 3.63) is 0 Å². The van der Waals surface area contributed by atoms with Gasteiger partial charge in [-0.05, 0) is 0 Å². The van der Waals surface area contributed by atoms with Crippen molar-refractivity contribution in [3.63, 3.8) is 0 Å². The topological polar surface area (TPSA) is 0 Å². The van der Waals surface area contributed by atoms with Gasteiger partial charge in [-0.3, -0.25) is 0 Å². The first kappa shape index (κ1) is 9.97. The summed E-state index contributed by atoms with van der Waals surface area (Å²) in [4.78, 5) is 0. The van der Waals surface area contributed by atoms with Gasteiger partial charge < -0.3 is 0 Å². The molecule has 78 valence electrons. The van der Waals surface area contributed by atoms with Crippen LogP contribution < -0.4 is 0 Å². The Labute approximate surface area is 83.8 Å². The molecule has 0 bridgehead atoms. The minimum absolute atomic E-state index is 0.771. The first-order valence-electron chi connectivity index (χ1n) is 6.12. The Morgan fingerprint density at radius 1 is 1.00 bits per heavy atom. The van der Waals surface area contributed by atoms with Gasteiger partial charge in [0.15, 0.2) is 0 Å². The zero-order valence-electron chi connectivity index (χ0n) is 9.47. The fourth-order valence-corrected chi connectivity index (χ4v) is 7.19. The second-order valence-corrected chi connectivity index (χ2v) is 11.3. The van der Waals surface area contributed by atoms with Gasteiger partial charge in [-0.15, -0.1) is 0 Å². The summed E-state index contributed by atoms with van der Waals surface area (Å²) in [5.74, 6) is 1.15. The molecule has 0 amide bonds. The zero-order chi connectivity index (χ0) is 9.47. The molecule has 1 heteroatoms. The molecule has 2 atom stereocenters. The Kier molecular flexibility index (Phi) is 2.71. The van der Waals surface area contributed by atoms with E-state index < -0.39 is 7.26 Å². The molecule has 0 N–H and O–H groups in total. The van der Waals surface area contributed by atoms with Gasteiger partial charge in [-0.2, -0.15) is 0 Å². The predicted molar refractivity (Wildman–Crippen MR) is 64.6 cm³/mol. The van der Waals surface area contributed by atoms with E-state index in [1.54, 1.807) is 19.3 Å². The van der Waals surface area contributed by atoms with E-state index in [1.165, 1.54) is 24.9 Å². The molecule has 2 rings (SSSR count). The van der Waals surface area contributed by atoms with Gasteiger partial charge in [0, 0.05) is 0 Å². The number of hydrogen-bond donors (Lipinski definition) is 0. The van der Waals surface area contributed by atoms with Gasteiger partial charge in [0.2, 0.25) is 0 Å². The van der Waals surface area contributed by atoms with Crippen molar-refractivity contribution in [2.24, 2.45) is 5.92 Å². The van der Waals surface area contributed by atoms with Crippen LogP contribution in [0.25, 0.3) is 0 Å². The van der Waals surface area contributed by atoms with Crippen LogP contribution in [-0.4, -0.2) is 24.6 Å². The third-order valence-corrected chi connectivity index (χ3v) is 10.4. The molecule has 0 spiro atoms. The van der Waals surface area contributed by atoms with Crippen LogP contribution in [0.2, 0.25) is 0 Å². The second kappa shape index (κ2) is 3.54. The molecule has 0 aromatic rings. The molecule has 2 unspecified atom stereocenters. The Bertz CT molecular complexity index is 180. The van der Waals surface area contributed by atoms with Crippen molar-refractivity contribution < 1.29 is 0 Å². The fourth-order valence-electron chi connectivity index (χ4n) is 3.53. The average molecular weight is 200 g/mol. The molecular formula is C12H25P. The molecule has 0 radical (unpaired) electrons. The first-order valence-corrected chi connectivity index (χ1v) is 9.28. The SMILES string of the molecule is CC1CC(C2CCCCC2)[PH]1(C)C. The molecule has 0 aromatic carbocycles. The van der Waals surface area contributed by atoms with Gasteiger partial charge in [0.05, 0.1) is 0 Å². The van der Waals surface area contributed by atoms with Gasteiger partial charge in [-0.25, -0.2) is 0 Å². The summed E-state index contributed by atoms with van der Waals surface area (Å²) in [5.41, 5.74) is 2.31. The quantitative estimate of drug-likeness (QED) is 0.566. The molecule has 1 saturated carbocycles. The maximum atomic E-state index is 2.63. The van der Waals surface area contributed by atoms with Gasteiger partial charge >= 0.3 is 83.3 Å². The van der Waals surface area contributed by atoms with Crippen LogP contribution >= 0.6 is 7.26 Å². The molecule has 13 heavy (non-hydrogen) atoms. The van der Waals surface area contributed by atoms with Crippen LogP contribution in [0.3, 0.4) is 0 Å². The Morgan fingerprint density at radius 2 is 1.62 bits per heavy atom. The molecular weight excluding hydrogens is 175 g/mol. The number of rotatable bonds is 1. The number of hydrogen-bond acceptors (Lipinski definition) is 0. The van der Waals surface area contributed by atoms with Crippen LogP contribution in [0.4, 0.5) is 0 Å². The van der Waals surface area contributed by atoms with E-state index in [0.717, 1.165) is 11.6 Å². The average Bonchev–Trinajstić information content (AvgIpc) is 2.15. The summed E-state index contributed by atoms with van der Waals surface area (Å²) >= 11 is 0.